The van der Waals surface area contributed by atoms with Gasteiger partial charge < -0.3 is 0 Å². The van der Waals surface area contributed by atoms with E-state index < -0.39 is 23.4 Å². The first-order chi connectivity index (χ1) is 12.3. The van der Waals surface area contributed by atoms with Crippen LogP contribution in [0.15, 0.2) is 42.5 Å². The maximum atomic E-state index is 14.0. The molecule has 0 N–H and O–H groups in total. The summed E-state index contributed by atoms with van der Waals surface area (Å²) in [4.78, 5) is 0. The molecule has 0 aliphatic heterocycles. The molecule has 0 nitrogen and oxygen atoms in total. The van der Waals surface area contributed by atoms with E-state index in [2.05, 4.69) is 6.92 Å². The van der Waals surface area contributed by atoms with Crippen LogP contribution in [0.5, 0.6) is 0 Å². The molecule has 0 bridgehead atoms. The van der Waals surface area contributed by atoms with E-state index in [1.807, 2.05) is 12.1 Å². The fourth-order valence-corrected chi connectivity index (χ4v) is 2.71. The third-order valence-corrected chi connectivity index (χ3v) is 4.12. The van der Waals surface area contributed by atoms with Gasteiger partial charge in [0.1, 0.15) is 11.6 Å². The van der Waals surface area contributed by atoms with Gasteiger partial charge in [-0.3, -0.25) is 0 Å². The minimum atomic E-state index is -4.62. The molecule has 0 atom stereocenters. The van der Waals surface area contributed by atoms with Crippen molar-refractivity contribution in [3.63, 3.8) is 0 Å². The molecule has 2 aromatic rings. The topological polar surface area (TPSA) is 0 Å². The number of alkyl halides is 3. The molecular formula is C21H21F5. The van der Waals surface area contributed by atoms with Crippen LogP contribution in [0.1, 0.15) is 43.7 Å². The van der Waals surface area contributed by atoms with Gasteiger partial charge in [-0.25, -0.2) is 8.78 Å². The summed E-state index contributed by atoms with van der Waals surface area (Å²) >= 11 is 0. The predicted octanol–water partition coefficient (Wildman–Crippen LogP) is 7.33. The van der Waals surface area contributed by atoms with Crippen LogP contribution in [0.25, 0.3) is 17.2 Å². The molecule has 0 amide bonds. The number of hydrogen-bond donors (Lipinski definition) is 0. The summed E-state index contributed by atoms with van der Waals surface area (Å²) in [5.74, 6) is -2.05. The summed E-state index contributed by atoms with van der Waals surface area (Å²) in [5.41, 5.74) is 1.36. The lowest BCUT2D eigenvalue weighted by molar-refractivity contribution is -0.0790. The van der Waals surface area contributed by atoms with Gasteiger partial charge in [0.2, 0.25) is 0 Å². The molecule has 0 unspecified atom stereocenters. The molecule has 0 saturated carbocycles. The van der Waals surface area contributed by atoms with Crippen LogP contribution in [-0.4, -0.2) is 6.18 Å². The maximum absolute atomic E-state index is 14.0. The molecule has 0 aliphatic carbocycles. The molecule has 140 valence electrons. The minimum absolute atomic E-state index is 0.179. The number of aryl methyl sites for hydroxylation is 1. The normalized spacial score (nSPS) is 12.1. The van der Waals surface area contributed by atoms with Crippen LogP contribution in [0, 0.1) is 11.6 Å². The van der Waals surface area contributed by atoms with Crippen LogP contribution in [0.3, 0.4) is 0 Å². The van der Waals surface area contributed by atoms with E-state index in [4.69, 9.17) is 0 Å². The van der Waals surface area contributed by atoms with Gasteiger partial charge >= 0.3 is 6.18 Å². The Hall–Kier alpha value is -2.17. The van der Waals surface area contributed by atoms with Crippen LogP contribution in [0.2, 0.25) is 0 Å². The number of benzene rings is 2. The Balaban J connectivity index is 2.15. The standard InChI is InChI=1S/C21H21F5/c1-2-3-4-5-6-15-7-9-16(10-8-15)17-13-19(22)18(20(23)14-17)11-12-21(24,25)26/h7-14H,2-6H2,1H3/b12-11+. The Kier molecular flexibility index (Phi) is 6.95. The summed E-state index contributed by atoms with van der Waals surface area (Å²) < 4.78 is 64.6. The van der Waals surface area contributed by atoms with Gasteiger partial charge in [0.25, 0.3) is 0 Å². The van der Waals surface area contributed by atoms with E-state index in [1.54, 1.807) is 12.1 Å². The molecule has 0 saturated heterocycles. The van der Waals surface area contributed by atoms with E-state index in [-0.39, 0.29) is 6.08 Å². The van der Waals surface area contributed by atoms with Crippen molar-refractivity contribution in [2.24, 2.45) is 0 Å². The number of unbranched alkanes of at least 4 members (excludes halogenated alkanes) is 3. The Morgan fingerprint density at radius 3 is 2.00 bits per heavy atom. The van der Waals surface area contributed by atoms with E-state index in [0.29, 0.717) is 17.2 Å². The van der Waals surface area contributed by atoms with Crippen molar-refractivity contribution in [1.29, 1.82) is 0 Å². The van der Waals surface area contributed by atoms with Crippen LogP contribution < -0.4 is 0 Å². The predicted molar refractivity (Wildman–Crippen MR) is 94.7 cm³/mol. The highest BCUT2D eigenvalue weighted by Gasteiger charge is 2.22. The summed E-state index contributed by atoms with van der Waals surface area (Å²) in [6.45, 7) is 2.15. The van der Waals surface area contributed by atoms with E-state index in [0.717, 1.165) is 30.5 Å². The van der Waals surface area contributed by atoms with Gasteiger partial charge in [0.15, 0.2) is 0 Å². The number of halogens is 5. The van der Waals surface area contributed by atoms with E-state index in [9.17, 15) is 22.0 Å². The molecule has 0 heterocycles. The quantitative estimate of drug-likeness (QED) is 0.354. The largest absolute Gasteiger partial charge is 0.409 e. The minimum Gasteiger partial charge on any atom is -0.206 e. The lowest BCUT2D eigenvalue weighted by Crippen LogP contribution is -2.01. The average molecular weight is 368 g/mol. The molecule has 0 radical (unpaired) electrons. The molecule has 2 aromatic carbocycles. The van der Waals surface area contributed by atoms with Crippen LogP contribution >= 0.6 is 0 Å². The zero-order valence-corrected chi connectivity index (χ0v) is 14.5. The molecule has 0 aromatic heterocycles. The number of rotatable bonds is 7. The summed E-state index contributed by atoms with van der Waals surface area (Å²) in [6.07, 6.45) is 1.19. The lowest BCUT2D eigenvalue weighted by Gasteiger charge is -2.08. The van der Waals surface area contributed by atoms with Crippen molar-refractivity contribution >= 4 is 6.08 Å². The third-order valence-electron chi connectivity index (χ3n) is 4.12. The van der Waals surface area contributed by atoms with Crippen molar-refractivity contribution in [3.8, 4) is 11.1 Å². The Morgan fingerprint density at radius 1 is 0.846 bits per heavy atom. The maximum Gasteiger partial charge on any atom is 0.409 e. The Labute approximate surface area is 150 Å². The first-order valence-electron chi connectivity index (χ1n) is 8.64. The molecule has 0 fully saturated rings. The first-order valence-corrected chi connectivity index (χ1v) is 8.64. The zero-order valence-electron chi connectivity index (χ0n) is 14.5. The lowest BCUT2D eigenvalue weighted by atomic mass is 9.99. The van der Waals surface area contributed by atoms with Gasteiger partial charge in [-0.05, 0) is 47.7 Å². The van der Waals surface area contributed by atoms with Crippen molar-refractivity contribution in [1.82, 2.24) is 0 Å². The summed E-state index contributed by atoms with van der Waals surface area (Å²) in [6, 6.07) is 9.47. The highest BCUT2D eigenvalue weighted by atomic mass is 19.4. The second-order valence-corrected chi connectivity index (χ2v) is 6.24. The van der Waals surface area contributed by atoms with Gasteiger partial charge in [-0.15, -0.1) is 0 Å². The van der Waals surface area contributed by atoms with Crippen LogP contribution in [0.4, 0.5) is 22.0 Å². The Bertz CT molecular complexity index is 719. The average Bonchev–Trinajstić information content (AvgIpc) is 2.57. The SMILES string of the molecule is CCCCCCc1ccc(-c2cc(F)c(/C=C/C(F)(F)F)c(F)c2)cc1. The van der Waals surface area contributed by atoms with Gasteiger partial charge in [-0.2, -0.15) is 13.2 Å². The molecule has 26 heavy (non-hydrogen) atoms. The summed E-state index contributed by atoms with van der Waals surface area (Å²) in [5, 5.41) is 0. The zero-order chi connectivity index (χ0) is 19.2. The third kappa shape index (κ3) is 5.97. The molecule has 5 heteroatoms. The monoisotopic (exact) mass is 368 g/mol. The summed E-state index contributed by atoms with van der Waals surface area (Å²) in [7, 11) is 0. The van der Waals surface area contributed by atoms with Gasteiger partial charge in [0.05, 0.1) is 0 Å². The molecule has 0 aliphatic rings. The number of allylic oxidation sites excluding steroid dienone is 1. The van der Waals surface area contributed by atoms with Crippen molar-refractivity contribution in [2.75, 3.05) is 0 Å². The van der Waals surface area contributed by atoms with Gasteiger partial charge in [-0.1, -0.05) is 50.5 Å². The van der Waals surface area contributed by atoms with Crippen molar-refractivity contribution < 1.29 is 22.0 Å². The molecule has 2 rings (SSSR count). The second-order valence-electron chi connectivity index (χ2n) is 6.24. The smallest absolute Gasteiger partial charge is 0.206 e. The van der Waals surface area contributed by atoms with Crippen LogP contribution in [-0.2, 0) is 6.42 Å². The molecule has 0 spiro atoms. The van der Waals surface area contributed by atoms with E-state index in [1.165, 1.54) is 19.3 Å². The fraction of sp³-hybridized carbons (Fsp3) is 0.333. The highest BCUT2D eigenvalue weighted by Crippen LogP contribution is 2.27. The fourth-order valence-electron chi connectivity index (χ4n) is 2.71. The first kappa shape index (κ1) is 20.1. The van der Waals surface area contributed by atoms with E-state index >= 15 is 0 Å². The van der Waals surface area contributed by atoms with Crippen molar-refractivity contribution in [2.45, 2.75) is 45.2 Å². The molecular weight excluding hydrogens is 347 g/mol. The second kappa shape index (κ2) is 8.97. The number of hydrogen-bond acceptors (Lipinski definition) is 0. The van der Waals surface area contributed by atoms with Gasteiger partial charge in [0, 0.05) is 11.6 Å². The Morgan fingerprint density at radius 2 is 1.46 bits per heavy atom. The highest BCUT2D eigenvalue weighted by molar-refractivity contribution is 5.67. The van der Waals surface area contributed by atoms with Crippen molar-refractivity contribution in [3.05, 3.63) is 65.2 Å².